The second-order valence-electron chi connectivity index (χ2n) is 6.31. The Labute approximate surface area is 147 Å². The minimum absolute atomic E-state index is 0.156. The number of aromatic amines is 1. The Morgan fingerprint density at radius 2 is 1.88 bits per heavy atom. The van der Waals surface area contributed by atoms with Gasteiger partial charge in [0.2, 0.25) is 10.0 Å². The Kier molecular flexibility index (Phi) is 5.24. The third-order valence-corrected chi connectivity index (χ3v) is 5.86. The van der Waals surface area contributed by atoms with Gasteiger partial charge in [-0.25, -0.2) is 17.5 Å². The molecule has 0 aliphatic carbocycles. The van der Waals surface area contributed by atoms with E-state index in [1.54, 1.807) is 6.20 Å². The number of hydrogen-bond donors (Lipinski definition) is 1. The van der Waals surface area contributed by atoms with E-state index < -0.39 is 10.0 Å². The fourth-order valence-corrected chi connectivity index (χ4v) is 4.07. The number of sulfonamides is 1. The largest absolute Gasteiger partial charge is 0.456 e. The van der Waals surface area contributed by atoms with E-state index in [0.717, 1.165) is 11.1 Å². The molecule has 0 bridgehead atoms. The summed E-state index contributed by atoms with van der Waals surface area (Å²) in [6, 6.07) is 11.4. The molecule has 1 aliphatic heterocycles. The Balaban J connectivity index is 1.64. The lowest BCUT2D eigenvalue weighted by Gasteiger charge is -2.30. The zero-order valence-electron chi connectivity index (χ0n) is 14.1. The van der Waals surface area contributed by atoms with E-state index in [1.807, 2.05) is 36.4 Å². The molecule has 1 aromatic heterocycles. The van der Waals surface area contributed by atoms with Gasteiger partial charge in [-0.3, -0.25) is 0 Å². The van der Waals surface area contributed by atoms with Gasteiger partial charge in [0.05, 0.1) is 6.26 Å². The van der Waals surface area contributed by atoms with Crippen molar-refractivity contribution in [2.24, 2.45) is 0 Å². The second kappa shape index (κ2) is 7.41. The number of hydrogen-bond acceptors (Lipinski definition) is 4. The quantitative estimate of drug-likeness (QED) is 0.829. The van der Waals surface area contributed by atoms with E-state index in [2.05, 4.69) is 4.98 Å². The van der Waals surface area contributed by atoms with Crippen LogP contribution in [0.3, 0.4) is 0 Å². The molecule has 0 spiro atoms. The first-order chi connectivity index (χ1) is 11.9. The van der Waals surface area contributed by atoms with Gasteiger partial charge in [0.15, 0.2) is 0 Å². The molecule has 2 heterocycles. The molecule has 1 N–H and O–H groups in total. The average molecular weight is 362 g/mol. The van der Waals surface area contributed by atoms with Crippen LogP contribution in [0, 0.1) is 0 Å². The van der Waals surface area contributed by atoms with Gasteiger partial charge >= 0.3 is 5.97 Å². The summed E-state index contributed by atoms with van der Waals surface area (Å²) in [4.78, 5) is 15.4. The van der Waals surface area contributed by atoms with Gasteiger partial charge in [-0.05, 0) is 36.0 Å². The molecule has 3 rings (SSSR count). The standard InChI is InChI=1S/C18H22N2O4S/c1-25(22,23)20-11-8-15(9-12-20)16-7-10-19-17(16)18(21)24-13-14-5-3-2-4-6-14/h2-7,10,15,19H,8-9,11-13H2,1H3. The highest BCUT2D eigenvalue weighted by molar-refractivity contribution is 7.88. The third kappa shape index (κ3) is 4.29. The van der Waals surface area contributed by atoms with E-state index in [1.165, 1.54) is 10.6 Å². The predicted octanol–water partition coefficient (Wildman–Crippen LogP) is 2.51. The Morgan fingerprint density at radius 3 is 2.52 bits per heavy atom. The van der Waals surface area contributed by atoms with Crippen LogP contribution in [0.1, 0.15) is 40.4 Å². The maximum atomic E-state index is 12.4. The van der Waals surface area contributed by atoms with Crippen molar-refractivity contribution in [1.82, 2.24) is 9.29 Å². The molecule has 6 nitrogen and oxygen atoms in total. The van der Waals surface area contributed by atoms with Crippen LogP contribution >= 0.6 is 0 Å². The third-order valence-electron chi connectivity index (χ3n) is 4.56. The van der Waals surface area contributed by atoms with Crippen molar-refractivity contribution in [2.75, 3.05) is 19.3 Å². The van der Waals surface area contributed by atoms with Crippen molar-refractivity contribution in [3.63, 3.8) is 0 Å². The molecule has 1 fully saturated rings. The average Bonchev–Trinajstić information content (AvgIpc) is 3.10. The maximum absolute atomic E-state index is 12.4. The van der Waals surface area contributed by atoms with Gasteiger partial charge in [0.1, 0.15) is 12.3 Å². The topological polar surface area (TPSA) is 79.5 Å². The van der Waals surface area contributed by atoms with Gasteiger partial charge in [-0.15, -0.1) is 0 Å². The molecule has 0 atom stereocenters. The van der Waals surface area contributed by atoms with Gasteiger partial charge in [0.25, 0.3) is 0 Å². The molecule has 1 aromatic carbocycles. The van der Waals surface area contributed by atoms with Gasteiger partial charge in [0, 0.05) is 19.3 Å². The summed E-state index contributed by atoms with van der Waals surface area (Å²) in [6.45, 7) is 1.19. The number of benzene rings is 1. The fraction of sp³-hybridized carbons (Fsp3) is 0.389. The van der Waals surface area contributed by atoms with Crippen LogP contribution in [-0.4, -0.2) is 43.0 Å². The number of H-pyrrole nitrogens is 1. The molecule has 2 aromatic rings. The van der Waals surface area contributed by atoms with Crippen LogP contribution in [0.15, 0.2) is 42.6 Å². The van der Waals surface area contributed by atoms with Crippen LogP contribution in [-0.2, 0) is 21.4 Å². The molecular formula is C18H22N2O4S. The van der Waals surface area contributed by atoms with Crippen molar-refractivity contribution < 1.29 is 17.9 Å². The highest BCUT2D eigenvalue weighted by atomic mass is 32.2. The second-order valence-corrected chi connectivity index (χ2v) is 8.29. The summed E-state index contributed by atoms with van der Waals surface area (Å²) in [7, 11) is -3.15. The van der Waals surface area contributed by atoms with Crippen LogP contribution < -0.4 is 0 Å². The first-order valence-corrected chi connectivity index (χ1v) is 10.1. The first-order valence-electron chi connectivity index (χ1n) is 8.28. The zero-order chi connectivity index (χ0) is 17.9. The van der Waals surface area contributed by atoms with Crippen LogP contribution in [0.5, 0.6) is 0 Å². The van der Waals surface area contributed by atoms with Gasteiger partial charge < -0.3 is 9.72 Å². The summed E-state index contributed by atoms with van der Waals surface area (Å²) in [5.74, 6) is -0.224. The number of rotatable bonds is 5. The lowest BCUT2D eigenvalue weighted by atomic mass is 9.90. The highest BCUT2D eigenvalue weighted by Crippen LogP contribution is 2.31. The normalized spacial score (nSPS) is 16.7. The number of aromatic nitrogens is 1. The maximum Gasteiger partial charge on any atom is 0.355 e. The number of carbonyl (C=O) groups excluding carboxylic acids is 1. The van der Waals surface area contributed by atoms with Crippen LogP contribution in [0.25, 0.3) is 0 Å². The molecule has 0 amide bonds. The van der Waals surface area contributed by atoms with E-state index in [0.29, 0.717) is 31.6 Å². The van der Waals surface area contributed by atoms with Crippen LogP contribution in [0.4, 0.5) is 0 Å². The lowest BCUT2D eigenvalue weighted by Crippen LogP contribution is -2.37. The summed E-state index contributed by atoms with van der Waals surface area (Å²) in [5, 5.41) is 0. The summed E-state index contributed by atoms with van der Waals surface area (Å²) in [6.07, 6.45) is 4.36. The SMILES string of the molecule is CS(=O)(=O)N1CCC(c2cc[nH]c2C(=O)OCc2ccccc2)CC1. The summed E-state index contributed by atoms with van der Waals surface area (Å²) >= 11 is 0. The van der Waals surface area contributed by atoms with Crippen molar-refractivity contribution in [3.8, 4) is 0 Å². The van der Waals surface area contributed by atoms with Crippen LogP contribution in [0.2, 0.25) is 0 Å². The number of nitrogens with one attached hydrogen (secondary N) is 1. The van der Waals surface area contributed by atoms with Crippen molar-refractivity contribution in [2.45, 2.75) is 25.4 Å². The van der Waals surface area contributed by atoms with E-state index in [9.17, 15) is 13.2 Å². The number of piperidine rings is 1. The van der Waals surface area contributed by atoms with E-state index >= 15 is 0 Å². The van der Waals surface area contributed by atoms with Gasteiger partial charge in [-0.1, -0.05) is 30.3 Å². The smallest absolute Gasteiger partial charge is 0.355 e. The number of carbonyl (C=O) groups is 1. The number of nitrogens with zero attached hydrogens (tertiary/aromatic N) is 1. The monoisotopic (exact) mass is 362 g/mol. The predicted molar refractivity (Wildman–Crippen MR) is 94.7 cm³/mol. The first kappa shape index (κ1) is 17.7. The molecule has 134 valence electrons. The highest BCUT2D eigenvalue weighted by Gasteiger charge is 2.29. The molecule has 0 radical (unpaired) electrons. The van der Waals surface area contributed by atoms with Crippen molar-refractivity contribution in [3.05, 3.63) is 59.4 Å². The molecule has 1 aliphatic rings. The molecule has 7 heteroatoms. The van der Waals surface area contributed by atoms with E-state index in [-0.39, 0.29) is 18.5 Å². The Bertz CT molecular complexity index is 822. The minimum Gasteiger partial charge on any atom is -0.456 e. The summed E-state index contributed by atoms with van der Waals surface area (Å²) in [5.41, 5.74) is 2.31. The van der Waals surface area contributed by atoms with E-state index in [4.69, 9.17) is 4.74 Å². The number of ether oxygens (including phenoxy) is 1. The molecule has 0 saturated carbocycles. The number of esters is 1. The van der Waals surface area contributed by atoms with Crippen molar-refractivity contribution in [1.29, 1.82) is 0 Å². The Hall–Kier alpha value is -2.12. The van der Waals surface area contributed by atoms with Crippen molar-refractivity contribution >= 4 is 16.0 Å². The Morgan fingerprint density at radius 1 is 1.20 bits per heavy atom. The summed E-state index contributed by atoms with van der Waals surface area (Å²) < 4.78 is 30.1. The molecule has 0 unspecified atom stereocenters. The molecule has 1 saturated heterocycles. The minimum atomic E-state index is -3.15. The molecular weight excluding hydrogens is 340 g/mol. The lowest BCUT2D eigenvalue weighted by molar-refractivity contribution is 0.0464. The fourth-order valence-electron chi connectivity index (χ4n) is 3.19. The zero-order valence-corrected chi connectivity index (χ0v) is 15.0. The molecule has 25 heavy (non-hydrogen) atoms. The van der Waals surface area contributed by atoms with Gasteiger partial charge in [-0.2, -0.15) is 0 Å².